The Hall–Kier alpha value is -1.46. The lowest BCUT2D eigenvalue weighted by atomic mass is 10.2. The van der Waals surface area contributed by atoms with Gasteiger partial charge in [0.15, 0.2) is 6.29 Å². The Labute approximate surface area is 86.4 Å². The molecule has 0 radical (unpaired) electrons. The predicted octanol–water partition coefficient (Wildman–Crippen LogP) is 0.403. The van der Waals surface area contributed by atoms with Gasteiger partial charge in [0.2, 0.25) is 0 Å². The molecule has 1 aromatic carbocycles. The van der Waals surface area contributed by atoms with Crippen molar-refractivity contribution in [1.29, 1.82) is 0 Å². The summed E-state index contributed by atoms with van der Waals surface area (Å²) in [5.41, 5.74) is 0.610. The van der Waals surface area contributed by atoms with Crippen molar-refractivity contribution in [3.8, 4) is 0 Å². The summed E-state index contributed by atoms with van der Waals surface area (Å²) in [7, 11) is 0. The summed E-state index contributed by atoms with van der Waals surface area (Å²) in [6.07, 6.45) is -0.383. The highest BCUT2D eigenvalue weighted by atomic mass is 19.1. The van der Waals surface area contributed by atoms with Crippen LogP contribution in [0.25, 0.3) is 0 Å². The molecule has 1 unspecified atom stereocenters. The molecule has 15 heavy (non-hydrogen) atoms. The molecule has 0 spiro atoms. The Balaban J connectivity index is 2.72. The first-order valence-electron chi connectivity index (χ1n) is 4.45. The van der Waals surface area contributed by atoms with E-state index in [0.717, 1.165) is 6.07 Å². The van der Waals surface area contributed by atoms with Crippen LogP contribution < -0.4 is 5.32 Å². The Morgan fingerprint density at radius 1 is 1.53 bits per heavy atom. The number of anilines is 1. The monoisotopic (exact) mass is 213 g/mol. The molecule has 0 aromatic heterocycles. The first-order chi connectivity index (χ1) is 7.17. The van der Waals surface area contributed by atoms with Gasteiger partial charge >= 0.3 is 0 Å². The highest BCUT2D eigenvalue weighted by molar-refractivity contribution is 5.84. The molecule has 0 aliphatic carbocycles. The van der Waals surface area contributed by atoms with Crippen molar-refractivity contribution >= 4 is 12.0 Å². The zero-order chi connectivity index (χ0) is 11.3. The number of nitrogens with one attached hydrogen (secondary N) is 1. The fraction of sp³-hybridized carbons (Fsp3) is 0.300. The van der Waals surface area contributed by atoms with E-state index >= 15 is 0 Å². The molecule has 3 N–H and O–H groups in total. The van der Waals surface area contributed by atoms with Crippen molar-refractivity contribution in [2.75, 3.05) is 18.5 Å². The van der Waals surface area contributed by atoms with Crippen LogP contribution in [0.3, 0.4) is 0 Å². The van der Waals surface area contributed by atoms with Crippen LogP contribution in [0.1, 0.15) is 10.4 Å². The summed E-state index contributed by atoms with van der Waals surface area (Å²) in [6, 6.07) is 3.71. The minimum Gasteiger partial charge on any atom is -0.394 e. The SMILES string of the molecule is O=Cc1cc(F)ccc1NCC(O)CO. The topological polar surface area (TPSA) is 69.6 Å². The lowest BCUT2D eigenvalue weighted by Crippen LogP contribution is -2.23. The number of carbonyl (C=O) groups excluding carboxylic acids is 1. The molecule has 0 aliphatic rings. The Morgan fingerprint density at radius 2 is 2.27 bits per heavy atom. The van der Waals surface area contributed by atoms with Gasteiger partial charge in [-0.3, -0.25) is 4.79 Å². The van der Waals surface area contributed by atoms with E-state index in [1.807, 2.05) is 0 Å². The molecule has 0 aliphatic heterocycles. The summed E-state index contributed by atoms with van der Waals surface area (Å²) in [5, 5.41) is 20.4. The van der Waals surface area contributed by atoms with Crippen molar-refractivity contribution in [1.82, 2.24) is 0 Å². The first-order valence-corrected chi connectivity index (χ1v) is 4.45. The molecule has 0 saturated carbocycles. The molecule has 0 bridgehead atoms. The predicted molar refractivity (Wildman–Crippen MR) is 53.4 cm³/mol. The van der Waals surface area contributed by atoms with Crippen molar-refractivity contribution in [2.24, 2.45) is 0 Å². The number of hydrogen-bond donors (Lipinski definition) is 3. The summed E-state index contributed by atoms with van der Waals surface area (Å²) in [4.78, 5) is 10.6. The Morgan fingerprint density at radius 3 is 2.87 bits per heavy atom. The highest BCUT2D eigenvalue weighted by Crippen LogP contribution is 2.14. The van der Waals surface area contributed by atoms with E-state index in [1.54, 1.807) is 0 Å². The second kappa shape index (κ2) is 5.43. The summed E-state index contributed by atoms with van der Waals surface area (Å²) >= 11 is 0. The van der Waals surface area contributed by atoms with Crippen LogP contribution in [0.15, 0.2) is 18.2 Å². The number of halogens is 1. The minimum absolute atomic E-state index is 0.100. The molecule has 0 saturated heterocycles. The summed E-state index contributed by atoms with van der Waals surface area (Å²) in [5.74, 6) is -0.495. The number of aliphatic hydroxyl groups is 2. The van der Waals surface area contributed by atoms with Gasteiger partial charge in [0.1, 0.15) is 5.82 Å². The molecule has 0 heterocycles. The van der Waals surface area contributed by atoms with E-state index in [0.29, 0.717) is 12.0 Å². The normalized spacial score (nSPS) is 12.2. The quantitative estimate of drug-likeness (QED) is 0.619. The first kappa shape index (κ1) is 11.6. The van der Waals surface area contributed by atoms with E-state index in [-0.39, 0.29) is 18.7 Å². The molecule has 1 rings (SSSR count). The number of carbonyl (C=O) groups is 1. The maximum Gasteiger partial charge on any atom is 0.152 e. The Kier molecular flexibility index (Phi) is 4.20. The second-order valence-electron chi connectivity index (χ2n) is 3.07. The second-order valence-corrected chi connectivity index (χ2v) is 3.07. The minimum atomic E-state index is -0.908. The van der Waals surface area contributed by atoms with E-state index in [4.69, 9.17) is 10.2 Å². The number of rotatable bonds is 5. The molecular formula is C10H12FNO3. The van der Waals surface area contributed by atoms with Gasteiger partial charge in [0.05, 0.1) is 12.7 Å². The molecule has 0 amide bonds. The van der Waals surface area contributed by atoms with Gasteiger partial charge in [-0.15, -0.1) is 0 Å². The van der Waals surface area contributed by atoms with Crippen LogP contribution >= 0.6 is 0 Å². The van der Waals surface area contributed by atoms with Crippen LogP contribution in [-0.4, -0.2) is 35.8 Å². The van der Waals surface area contributed by atoms with Crippen LogP contribution in [0.4, 0.5) is 10.1 Å². The molecule has 4 nitrogen and oxygen atoms in total. The standard InChI is InChI=1S/C10H12FNO3/c11-8-1-2-10(7(3-8)5-13)12-4-9(15)6-14/h1-3,5,9,12,14-15H,4,6H2. The van der Waals surface area contributed by atoms with E-state index < -0.39 is 11.9 Å². The fourth-order valence-corrected chi connectivity index (χ4v) is 1.08. The Bertz CT molecular complexity index is 343. The number of aliphatic hydroxyl groups excluding tert-OH is 2. The average molecular weight is 213 g/mol. The average Bonchev–Trinajstić information content (AvgIpc) is 2.26. The molecule has 5 heteroatoms. The van der Waals surface area contributed by atoms with Gasteiger partial charge < -0.3 is 15.5 Å². The molecule has 1 atom stereocenters. The lowest BCUT2D eigenvalue weighted by molar-refractivity contribution is 0.105. The van der Waals surface area contributed by atoms with Crippen molar-refractivity contribution in [3.05, 3.63) is 29.6 Å². The van der Waals surface area contributed by atoms with Gasteiger partial charge in [-0.1, -0.05) is 0 Å². The highest BCUT2D eigenvalue weighted by Gasteiger charge is 2.05. The molecule has 82 valence electrons. The number of benzene rings is 1. The maximum absolute atomic E-state index is 12.7. The van der Waals surface area contributed by atoms with Crippen molar-refractivity contribution in [2.45, 2.75) is 6.10 Å². The van der Waals surface area contributed by atoms with Gasteiger partial charge in [-0.2, -0.15) is 0 Å². The molecular weight excluding hydrogens is 201 g/mol. The lowest BCUT2D eigenvalue weighted by Gasteiger charge is -2.11. The van der Waals surface area contributed by atoms with E-state index in [1.165, 1.54) is 12.1 Å². The van der Waals surface area contributed by atoms with Gasteiger partial charge in [0.25, 0.3) is 0 Å². The van der Waals surface area contributed by atoms with Gasteiger partial charge in [-0.25, -0.2) is 4.39 Å². The summed E-state index contributed by atoms with van der Waals surface area (Å²) in [6.45, 7) is -0.270. The van der Waals surface area contributed by atoms with Crippen molar-refractivity contribution < 1.29 is 19.4 Å². The fourth-order valence-electron chi connectivity index (χ4n) is 1.08. The summed E-state index contributed by atoms with van der Waals surface area (Å²) < 4.78 is 12.7. The van der Waals surface area contributed by atoms with Crippen LogP contribution in [0, 0.1) is 5.82 Å². The third-order valence-corrected chi connectivity index (χ3v) is 1.88. The van der Waals surface area contributed by atoms with E-state index in [9.17, 15) is 9.18 Å². The number of hydrogen-bond acceptors (Lipinski definition) is 4. The van der Waals surface area contributed by atoms with Crippen LogP contribution in [-0.2, 0) is 0 Å². The molecule has 0 fully saturated rings. The molecule has 1 aromatic rings. The van der Waals surface area contributed by atoms with Crippen molar-refractivity contribution in [3.63, 3.8) is 0 Å². The largest absolute Gasteiger partial charge is 0.394 e. The van der Waals surface area contributed by atoms with Crippen LogP contribution in [0.5, 0.6) is 0 Å². The number of aldehydes is 1. The smallest absolute Gasteiger partial charge is 0.152 e. The third kappa shape index (κ3) is 3.30. The third-order valence-electron chi connectivity index (χ3n) is 1.88. The van der Waals surface area contributed by atoms with Gasteiger partial charge in [0, 0.05) is 17.8 Å². The van der Waals surface area contributed by atoms with Crippen LogP contribution in [0.2, 0.25) is 0 Å². The zero-order valence-corrected chi connectivity index (χ0v) is 7.98. The van der Waals surface area contributed by atoms with E-state index in [2.05, 4.69) is 5.32 Å². The van der Waals surface area contributed by atoms with Gasteiger partial charge in [-0.05, 0) is 18.2 Å². The zero-order valence-electron chi connectivity index (χ0n) is 7.98. The maximum atomic E-state index is 12.7.